The van der Waals surface area contributed by atoms with Crippen molar-refractivity contribution in [3.8, 4) is 0 Å². The number of piperidine rings is 1. The molecule has 134 valence electrons. The SMILES string of the molecule is CCOCC(=O)N1CCC[C@@H](c2ncc(Cc3cccc(Cl)c3)o2)C1. The number of amides is 1. The van der Waals surface area contributed by atoms with E-state index >= 15 is 0 Å². The molecule has 1 saturated heterocycles. The van der Waals surface area contributed by atoms with Crippen molar-refractivity contribution in [1.82, 2.24) is 9.88 Å². The van der Waals surface area contributed by atoms with Crippen molar-refractivity contribution in [3.05, 3.63) is 52.7 Å². The van der Waals surface area contributed by atoms with Crippen LogP contribution in [0.5, 0.6) is 0 Å². The molecule has 2 aromatic rings. The van der Waals surface area contributed by atoms with E-state index in [2.05, 4.69) is 4.98 Å². The molecule has 1 aliphatic rings. The number of ether oxygens (including phenoxy) is 1. The number of rotatable bonds is 6. The van der Waals surface area contributed by atoms with Gasteiger partial charge in [0.25, 0.3) is 0 Å². The Morgan fingerprint density at radius 2 is 2.36 bits per heavy atom. The molecule has 0 aliphatic carbocycles. The van der Waals surface area contributed by atoms with Gasteiger partial charge in [0.15, 0.2) is 5.89 Å². The van der Waals surface area contributed by atoms with Crippen LogP contribution in [0.4, 0.5) is 0 Å². The normalized spacial score (nSPS) is 17.7. The van der Waals surface area contributed by atoms with Gasteiger partial charge in [-0.15, -0.1) is 0 Å². The van der Waals surface area contributed by atoms with Crippen molar-refractivity contribution in [1.29, 1.82) is 0 Å². The topological polar surface area (TPSA) is 55.6 Å². The molecule has 1 aromatic carbocycles. The van der Waals surface area contributed by atoms with E-state index in [1.165, 1.54) is 0 Å². The highest BCUT2D eigenvalue weighted by Gasteiger charge is 2.27. The quantitative estimate of drug-likeness (QED) is 0.786. The number of oxazole rings is 1. The summed E-state index contributed by atoms with van der Waals surface area (Å²) in [6.07, 6.45) is 4.37. The highest BCUT2D eigenvalue weighted by molar-refractivity contribution is 6.30. The fraction of sp³-hybridized carbons (Fsp3) is 0.474. The lowest BCUT2D eigenvalue weighted by atomic mass is 9.98. The molecule has 6 heteroatoms. The molecule has 1 atom stereocenters. The van der Waals surface area contributed by atoms with Crippen LogP contribution in [0.2, 0.25) is 5.02 Å². The maximum absolute atomic E-state index is 12.1. The van der Waals surface area contributed by atoms with Gasteiger partial charge in [0.1, 0.15) is 12.4 Å². The summed E-state index contributed by atoms with van der Waals surface area (Å²) in [5, 5.41) is 0.716. The second-order valence-corrected chi connectivity index (χ2v) is 6.72. The first-order chi connectivity index (χ1) is 12.2. The smallest absolute Gasteiger partial charge is 0.248 e. The summed E-state index contributed by atoms with van der Waals surface area (Å²) in [4.78, 5) is 18.4. The van der Waals surface area contributed by atoms with Crippen molar-refractivity contribution < 1.29 is 13.9 Å². The van der Waals surface area contributed by atoms with Crippen LogP contribution >= 0.6 is 11.6 Å². The Kier molecular flexibility index (Phi) is 6.10. The molecular formula is C19H23ClN2O3. The molecule has 1 amide bonds. The first kappa shape index (κ1) is 18.0. The lowest BCUT2D eigenvalue weighted by Crippen LogP contribution is -2.41. The average molecular weight is 363 g/mol. The molecule has 1 aliphatic heterocycles. The van der Waals surface area contributed by atoms with E-state index in [-0.39, 0.29) is 18.4 Å². The Morgan fingerprint density at radius 1 is 1.48 bits per heavy atom. The number of carbonyl (C=O) groups excluding carboxylic acids is 1. The van der Waals surface area contributed by atoms with Gasteiger partial charge in [-0.1, -0.05) is 23.7 Å². The van der Waals surface area contributed by atoms with Gasteiger partial charge < -0.3 is 14.1 Å². The minimum Gasteiger partial charge on any atom is -0.445 e. The van der Waals surface area contributed by atoms with E-state index < -0.39 is 0 Å². The molecule has 2 heterocycles. The van der Waals surface area contributed by atoms with Crippen LogP contribution in [0.3, 0.4) is 0 Å². The third-order valence-corrected chi connectivity index (χ3v) is 4.63. The lowest BCUT2D eigenvalue weighted by Gasteiger charge is -2.31. The van der Waals surface area contributed by atoms with Crippen LogP contribution in [-0.4, -0.2) is 42.1 Å². The Hall–Kier alpha value is -1.85. The summed E-state index contributed by atoms with van der Waals surface area (Å²) in [5.74, 6) is 1.71. The van der Waals surface area contributed by atoms with Crippen LogP contribution in [0.1, 0.15) is 42.9 Å². The van der Waals surface area contributed by atoms with Crippen molar-refractivity contribution in [2.75, 3.05) is 26.3 Å². The molecular weight excluding hydrogens is 340 g/mol. The van der Waals surface area contributed by atoms with Crippen molar-refractivity contribution in [3.63, 3.8) is 0 Å². The standard InChI is InChI=1S/C19H23ClN2O3/c1-2-24-13-18(23)22-8-4-6-15(12-22)19-21-11-17(25-19)10-14-5-3-7-16(20)9-14/h3,5,7,9,11,15H,2,4,6,8,10,12-13H2,1H3/t15-/m1/s1. The van der Waals surface area contributed by atoms with E-state index in [0.29, 0.717) is 30.5 Å². The average Bonchev–Trinajstić information content (AvgIpc) is 3.08. The minimum atomic E-state index is 0.0391. The molecule has 0 saturated carbocycles. The number of carbonyl (C=O) groups is 1. The van der Waals surface area contributed by atoms with Crippen LogP contribution in [0.25, 0.3) is 0 Å². The monoisotopic (exact) mass is 362 g/mol. The molecule has 3 rings (SSSR count). The number of aromatic nitrogens is 1. The molecule has 25 heavy (non-hydrogen) atoms. The Bertz CT molecular complexity index is 716. The summed E-state index contributed by atoms with van der Waals surface area (Å²) in [6.45, 7) is 4.01. The first-order valence-electron chi connectivity index (χ1n) is 8.70. The fourth-order valence-electron chi connectivity index (χ4n) is 3.13. The second kappa shape index (κ2) is 8.50. The van der Waals surface area contributed by atoms with E-state index in [1.54, 1.807) is 6.20 Å². The van der Waals surface area contributed by atoms with Gasteiger partial charge in [-0.25, -0.2) is 4.98 Å². The van der Waals surface area contributed by atoms with Gasteiger partial charge in [-0.2, -0.15) is 0 Å². The lowest BCUT2D eigenvalue weighted by molar-refractivity contribution is -0.137. The van der Waals surface area contributed by atoms with Crippen LogP contribution in [0.15, 0.2) is 34.9 Å². The minimum absolute atomic E-state index is 0.0391. The summed E-state index contributed by atoms with van der Waals surface area (Å²) < 4.78 is 11.2. The van der Waals surface area contributed by atoms with Gasteiger partial charge in [0, 0.05) is 31.1 Å². The number of hydrogen-bond donors (Lipinski definition) is 0. The predicted molar refractivity (Wildman–Crippen MR) is 95.8 cm³/mol. The van der Waals surface area contributed by atoms with Crippen LogP contribution < -0.4 is 0 Å². The highest BCUT2D eigenvalue weighted by atomic mass is 35.5. The molecule has 1 fully saturated rings. The summed E-state index contributed by atoms with van der Waals surface area (Å²) in [5.41, 5.74) is 1.09. The molecule has 0 bridgehead atoms. The van der Waals surface area contributed by atoms with Gasteiger partial charge in [-0.05, 0) is 37.5 Å². The number of likely N-dealkylation sites (tertiary alicyclic amines) is 1. The second-order valence-electron chi connectivity index (χ2n) is 6.29. The molecule has 0 radical (unpaired) electrons. The van der Waals surface area contributed by atoms with E-state index in [0.717, 1.165) is 30.7 Å². The van der Waals surface area contributed by atoms with Gasteiger partial charge >= 0.3 is 0 Å². The van der Waals surface area contributed by atoms with Crippen molar-refractivity contribution in [2.45, 2.75) is 32.1 Å². The van der Waals surface area contributed by atoms with E-state index in [9.17, 15) is 4.79 Å². The maximum atomic E-state index is 12.1. The van der Waals surface area contributed by atoms with Crippen LogP contribution in [-0.2, 0) is 16.0 Å². The highest BCUT2D eigenvalue weighted by Crippen LogP contribution is 2.27. The number of nitrogens with zero attached hydrogens (tertiary/aromatic N) is 2. The summed E-state index contributed by atoms with van der Waals surface area (Å²) in [7, 11) is 0. The first-order valence-corrected chi connectivity index (χ1v) is 9.08. The largest absolute Gasteiger partial charge is 0.445 e. The summed E-state index contributed by atoms with van der Waals surface area (Å²) in [6, 6.07) is 7.73. The Morgan fingerprint density at radius 3 is 3.16 bits per heavy atom. The number of hydrogen-bond acceptors (Lipinski definition) is 4. The third-order valence-electron chi connectivity index (χ3n) is 4.39. The van der Waals surface area contributed by atoms with E-state index in [1.807, 2.05) is 36.1 Å². The predicted octanol–water partition coefficient (Wildman–Crippen LogP) is 3.66. The molecule has 0 N–H and O–H groups in total. The maximum Gasteiger partial charge on any atom is 0.248 e. The Balaban J connectivity index is 1.62. The molecule has 1 aromatic heterocycles. The zero-order chi connectivity index (χ0) is 17.6. The molecule has 0 spiro atoms. The zero-order valence-electron chi connectivity index (χ0n) is 14.4. The van der Waals surface area contributed by atoms with Crippen molar-refractivity contribution >= 4 is 17.5 Å². The molecule has 0 unspecified atom stereocenters. The number of halogens is 1. The van der Waals surface area contributed by atoms with Gasteiger partial charge in [0.05, 0.1) is 12.1 Å². The summed E-state index contributed by atoms with van der Waals surface area (Å²) >= 11 is 6.03. The van der Waals surface area contributed by atoms with Gasteiger partial charge in [-0.3, -0.25) is 4.79 Å². The number of benzene rings is 1. The third kappa shape index (κ3) is 4.83. The fourth-order valence-corrected chi connectivity index (χ4v) is 3.34. The van der Waals surface area contributed by atoms with E-state index in [4.69, 9.17) is 20.8 Å². The van der Waals surface area contributed by atoms with Crippen molar-refractivity contribution in [2.24, 2.45) is 0 Å². The zero-order valence-corrected chi connectivity index (χ0v) is 15.2. The van der Waals surface area contributed by atoms with Crippen LogP contribution in [0, 0.1) is 0 Å². The Labute approximate surface area is 152 Å². The van der Waals surface area contributed by atoms with Gasteiger partial charge in [0.2, 0.25) is 5.91 Å². The molecule has 5 nitrogen and oxygen atoms in total.